The zero-order valence-electron chi connectivity index (χ0n) is 26.7. The van der Waals surface area contributed by atoms with E-state index >= 15 is 0 Å². The lowest BCUT2D eigenvalue weighted by Crippen LogP contribution is -2.43. The molecular weight excluding hydrogens is 698 g/mol. The van der Waals surface area contributed by atoms with E-state index in [9.17, 15) is 44.3 Å². The summed E-state index contributed by atoms with van der Waals surface area (Å²) < 4.78 is 105. The molecule has 0 aliphatic carbocycles. The summed E-state index contributed by atoms with van der Waals surface area (Å²) in [4.78, 5) is 24.0. The number of carboxylic acid groups (broad SMARTS) is 1. The number of aliphatic hydroxyl groups excluding tert-OH is 1. The van der Waals surface area contributed by atoms with E-state index in [1.807, 2.05) is 20.8 Å². The molecule has 3 aliphatic heterocycles. The number of fused-ring (bicyclic) bond motifs is 1. The highest BCUT2D eigenvalue weighted by Gasteiger charge is 2.49. The molecule has 2 aromatic rings. The van der Waals surface area contributed by atoms with Crippen molar-refractivity contribution in [1.82, 2.24) is 13.9 Å². The second-order valence-electron chi connectivity index (χ2n) is 12.8. The Hall–Kier alpha value is -3.91. The van der Waals surface area contributed by atoms with E-state index in [-0.39, 0.29) is 71.1 Å². The van der Waals surface area contributed by atoms with Crippen molar-refractivity contribution in [2.75, 3.05) is 13.1 Å². The number of sulfonamides is 1. The molecule has 5 N–H and O–H groups in total. The Kier molecular flexibility index (Phi) is 10.4. The standard InChI is InChI=1S/C28H34FN5O6S2.C2HF3O2/c1-16-12-17(8-9-21(16)29)14-34-26(28(2,3)4)24(35)22(27(34)36)23-20-7-5-6-18(25(20)41(37,38)32-23)13-31-42(39,40)33-11-10-19(30)15-33;3-2(4,5)1(6)7/h5-9,12,19,26,31,35H,10-11,13-15,30H2,1-4H3;(H,6,7)/t19?,26-;/m1./s1. The fraction of sp³-hybridized carbons (Fsp3) is 0.433. The monoisotopic (exact) mass is 733 g/mol. The molecule has 49 heavy (non-hydrogen) atoms. The summed E-state index contributed by atoms with van der Waals surface area (Å²) in [6.45, 7) is 7.26. The summed E-state index contributed by atoms with van der Waals surface area (Å²) >= 11 is 0. The molecule has 19 heteroatoms. The van der Waals surface area contributed by atoms with Gasteiger partial charge in [0.1, 0.15) is 27.8 Å². The van der Waals surface area contributed by atoms with Crippen molar-refractivity contribution in [3.8, 4) is 0 Å². The van der Waals surface area contributed by atoms with Crippen molar-refractivity contribution in [2.45, 2.75) is 70.4 Å². The van der Waals surface area contributed by atoms with Crippen LogP contribution in [0, 0.1) is 18.2 Å². The predicted octanol–water partition coefficient (Wildman–Crippen LogP) is 2.90. The van der Waals surface area contributed by atoms with Crippen molar-refractivity contribution >= 4 is 37.8 Å². The molecule has 1 unspecified atom stereocenters. The van der Waals surface area contributed by atoms with Gasteiger partial charge in [-0.25, -0.2) is 9.18 Å². The number of aliphatic carboxylic acids is 1. The van der Waals surface area contributed by atoms with Gasteiger partial charge in [0.25, 0.3) is 26.1 Å². The maximum atomic E-state index is 13.9. The number of amides is 1. The number of nitrogens with two attached hydrogens (primary N) is 1. The van der Waals surface area contributed by atoms with Crippen LogP contribution in [0.5, 0.6) is 0 Å². The first kappa shape index (κ1) is 37.9. The van der Waals surface area contributed by atoms with E-state index in [0.717, 1.165) is 0 Å². The zero-order chi connectivity index (χ0) is 36.9. The van der Waals surface area contributed by atoms with Gasteiger partial charge in [-0.3, -0.25) is 4.79 Å². The van der Waals surface area contributed by atoms with E-state index in [4.69, 9.17) is 15.6 Å². The summed E-state index contributed by atoms with van der Waals surface area (Å²) in [5.41, 5.74) is 6.03. The molecule has 2 aromatic carbocycles. The highest BCUT2D eigenvalue weighted by atomic mass is 32.2. The van der Waals surface area contributed by atoms with E-state index in [2.05, 4.69) is 9.12 Å². The van der Waals surface area contributed by atoms with Gasteiger partial charge in [-0.05, 0) is 41.5 Å². The van der Waals surface area contributed by atoms with Gasteiger partial charge in [-0.1, -0.05) is 51.1 Å². The topological polar surface area (TPSA) is 200 Å². The molecule has 0 bridgehead atoms. The fourth-order valence-corrected chi connectivity index (χ4v) is 8.45. The van der Waals surface area contributed by atoms with E-state index < -0.39 is 49.7 Å². The molecule has 0 saturated carbocycles. The largest absolute Gasteiger partial charge is 0.509 e. The minimum absolute atomic E-state index is 0.0459. The minimum Gasteiger partial charge on any atom is -0.509 e. The molecular formula is C30H35F4N5O8S2. The summed E-state index contributed by atoms with van der Waals surface area (Å²) in [5, 5.41) is 18.6. The van der Waals surface area contributed by atoms with Gasteiger partial charge < -0.3 is 20.8 Å². The van der Waals surface area contributed by atoms with Gasteiger partial charge >= 0.3 is 12.1 Å². The maximum Gasteiger partial charge on any atom is 0.490 e. The second-order valence-corrected chi connectivity index (χ2v) is 16.1. The Balaban J connectivity index is 0.000000698. The Labute approximate surface area is 280 Å². The maximum absolute atomic E-state index is 13.9. The number of carbonyl (C=O) groups is 2. The SMILES string of the molecule is Cc1cc(CN2C(=O)C(C3=NS(=O)(=O)c4c(CNS(=O)(=O)N5CCC(N)C5)cccc43)=C(O)[C@@H]2C(C)(C)C)ccc1F.O=C(O)C(F)(F)F. The molecule has 2 atom stereocenters. The molecule has 268 valence electrons. The van der Waals surface area contributed by atoms with Crippen molar-refractivity contribution in [1.29, 1.82) is 0 Å². The highest BCUT2D eigenvalue weighted by Crippen LogP contribution is 2.41. The number of carbonyl (C=O) groups excluding carboxylic acids is 1. The van der Waals surface area contributed by atoms with Crippen LogP contribution in [-0.2, 0) is 42.9 Å². The first-order valence-corrected chi connectivity index (χ1v) is 17.6. The van der Waals surface area contributed by atoms with Gasteiger partial charge in [0, 0.05) is 37.8 Å². The molecule has 0 radical (unpaired) electrons. The Morgan fingerprint density at radius 2 is 1.80 bits per heavy atom. The van der Waals surface area contributed by atoms with Gasteiger partial charge in [0.05, 0.1) is 6.04 Å². The van der Waals surface area contributed by atoms with Crippen LogP contribution in [0.4, 0.5) is 17.6 Å². The Morgan fingerprint density at radius 1 is 1.16 bits per heavy atom. The number of benzene rings is 2. The van der Waals surface area contributed by atoms with Crippen LogP contribution in [-0.4, -0.2) is 85.2 Å². The first-order valence-electron chi connectivity index (χ1n) is 14.7. The quantitative estimate of drug-likeness (QED) is 0.309. The molecule has 13 nitrogen and oxygen atoms in total. The van der Waals surface area contributed by atoms with Gasteiger partial charge in [-0.15, -0.1) is 0 Å². The number of aryl methyl sites for hydroxylation is 1. The second kappa shape index (κ2) is 13.4. The van der Waals surface area contributed by atoms with Crippen molar-refractivity contribution in [2.24, 2.45) is 15.5 Å². The van der Waals surface area contributed by atoms with Crippen molar-refractivity contribution in [3.63, 3.8) is 0 Å². The summed E-state index contributed by atoms with van der Waals surface area (Å²) in [5.74, 6) is -4.07. The lowest BCUT2D eigenvalue weighted by atomic mass is 9.84. The number of hydrogen-bond acceptors (Lipinski definition) is 8. The fourth-order valence-electron chi connectivity index (χ4n) is 5.76. The third kappa shape index (κ3) is 7.95. The predicted molar refractivity (Wildman–Crippen MR) is 168 cm³/mol. The van der Waals surface area contributed by atoms with Gasteiger partial charge in [0.2, 0.25) is 0 Å². The van der Waals surface area contributed by atoms with Crippen LogP contribution < -0.4 is 10.5 Å². The summed E-state index contributed by atoms with van der Waals surface area (Å²) in [7, 11) is -8.26. The normalized spacial score (nSPS) is 21.0. The minimum atomic E-state index is -5.08. The zero-order valence-corrected chi connectivity index (χ0v) is 28.4. The number of rotatable bonds is 7. The van der Waals surface area contributed by atoms with E-state index in [1.165, 1.54) is 27.4 Å². The third-order valence-corrected chi connectivity index (χ3v) is 10.9. The first-order chi connectivity index (χ1) is 22.5. The van der Waals surface area contributed by atoms with Crippen molar-refractivity contribution in [3.05, 3.63) is 75.8 Å². The Morgan fingerprint density at radius 3 is 2.33 bits per heavy atom. The van der Waals surface area contributed by atoms with Crippen LogP contribution in [0.15, 0.2) is 57.0 Å². The van der Waals surface area contributed by atoms with Crippen LogP contribution in [0.3, 0.4) is 0 Å². The van der Waals surface area contributed by atoms with Crippen LogP contribution in [0.2, 0.25) is 0 Å². The molecule has 0 spiro atoms. The molecule has 1 fully saturated rings. The molecule has 3 aliphatic rings. The average Bonchev–Trinajstić information content (AvgIpc) is 3.61. The average molecular weight is 734 g/mol. The summed E-state index contributed by atoms with van der Waals surface area (Å²) in [6, 6.07) is 7.88. The van der Waals surface area contributed by atoms with Gasteiger partial charge in [-0.2, -0.15) is 43.4 Å². The molecule has 3 heterocycles. The van der Waals surface area contributed by atoms with E-state index in [1.54, 1.807) is 25.1 Å². The van der Waals surface area contributed by atoms with E-state index in [0.29, 0.717) is 17.5 Å². The summed E-state index contributed by atoms with van der Waals surface area (Å²) in [6.07, 6.45) is -4.56. The number of halogens is 4. The molecule has 1 amide bonds. The number of nitrogens with zero attached hydrogens (tertiary/aromatic N) is 3. The van der Waals surface area contributed by atoms with Crippen molar-refractivity contribution < 1.29 is 54.2 Å². The number of hydrogen-bond donors (Lipinski definition) is 4. The highest BCUT2D eigenvalue weighted by molar-refractivity contribution is 7.91. The smallest absolute Gasteiger partial charge is 0.490 e. The number of carboxylic acids is 1. The molecule has 5 rings (SSSR count). The lowest BCUT2D eigenvalue weighted by Gasteiger charge is -2.35. The van der Waals surface area contributed by atoms with Crippen LogP contribution in [0.1, 0.15) is 49.4 Å². The number of aliphatic hydroxyl groups is 1. The van der Waals surface area contributed by atoms with Crippen LogP contribution >= 0.6 is 0 Å². The molecule has 0 aromatic heterocycles. The Bertz CT molecular complexity index is 1960. The number of alkyl halides is 3. The lowest BCUT2D eigenvalue weighted by molar-refractivity contribution is -0.192. The molecule has 1 saturated heterocycles. The number of nitrogens with one attached hydrogen (secondary N) is 1. The third-order valence-electron chi connectivity index (χ3n) is 7.97. The van der Waals surface area contributed by atoms with Gasteiger partial charge in [0.15, 0.2) is 0 Å². The van der Waals surface area contributed by atoms with Crippen LogP contribution in [0.25, 0.3) is 0 Å².